The molecule has 0 spiro atoms. The van der Waals surface area contributed by atoms with E-state index in [2.05, 4.69) is 0 Å². The van der Waals surface area contributed by atoms with Gasteiger partial charge in [-0.3, -0.25) is 0 Å². The fourth-order valence-electron chi connectivity index (χ4n) is 1.90. The molecule has 0 aliphatic heterocycles. The zero-order chi connectivity index (χ0) is 21.0. The molecule has 0 heterocycles. The van der Waals surface area contributed by atoms with Crippen molar-refractivity contribution in [3.63, 3.8) is 0 Å². The van der Waals surface area contributed by atoms with E-state index in [0.717, 1.165) is 24.3 Å². The standard InChI is InChI=1S/C20H23F3O4/c1-19(2,3)26-16(24)9-7-12-14(21)11-15(22)13(18(12)23)8-10-17(25)27-20(4,5)6/h7-11H,1-6H3/b9-7+,10-8+. The van der Waals surface area contributed by atoms with Crippen LogP contribution in [0.4, 0.5) is 13.2 Å². The van der Waals surface area contributed by atoms with Gasteiger partial charge in [0.25, 0.3) is 0 Å². The Kier molecular flexibility index (Phi) is 7.00. The number of carbonyl (C=O) groups is 2. The smallest absolute Gasteiger partial charge is 0.331 e. The molecule has 0 aliphatic rings. The van der Waals surface area contributed by atoms with E-state index in [1.54, 1.807) is 41.5 Å². The highest BCUT2D eigenvalue weighted by molar-refractivity contribution is 5.89. The Hall–Kier alpha value is -2.57. The Bertz CT molecular complexity index is 720. The average molecular weight is 384 g/mol. The second-order valence-corrected chi connectivity index (χ2v) is 7.72. The Morgan fingerprint density at radius 3 is 1.41 bits per heavy atom. The van der Waals surface area contributed by atoms with Gasteiger partial charge in [0.1, 0.15) is 28.7 Å². The summed E-state index contributed by atoms with van der Waals surface area (Å²) in [6.45, 7) is 9.82. The molecule has 1 aromatic carbocycles. The molecule has 1 rings (SSSR count). The van der Waals surface area contributed by atoms with Crippen LogP contribution in [0.15, 0.2) is 18.2 Å². The van der Waals surface area contributed by atoms with Crippen LogP contribution in [0.3, 0.4) is 0 Å². The highest BCUT2D eigenvalue weighted by Crippen LogP contribution is 2.23. The van der Waals surface area contributed by atoms with Crippen molar-refractivity contribution in [3.05, 3.63) is 46.8 Å². The van der Waals surface area contributed by atoms with Crippen molar-refractivity contribution in [2.24, 2.45) is 0 Å². The summed E-state index contributed by atoms with van der Waals surface area (Å²) < 4.78 is 52.3. The Morgan fingerprint density at radius 1 is 0.778 bits per heavy atom. The lowest BCUT2D eigenvalue weighted by molar-refractivity contribution is -0.149. The molecule has 148 valence electrons. The number of rotatable bonds is 4. The molecule has 0 unspecified atom stereocenters. The minimum atomic E-state index is -1.26. The van der Waals surface area contributed by atoms with E-state index in [0.29, 0.717) is 6.07 Å². The molecule has 0 atom stereocenters. The summed E-state index contributed by atoms with van der Waals surface area (Å²) in [5, 5.41) is 0. The fraction of sp³-hybridized carbons (Fsp3) is 0.400. The molecule has 0 bridgehead atoms. The summed E-state index contributed by atoms with van der Waals surface area (Å²) in [5.41, 5.74) is -2.82. The lowest BCUT2D eigenvalue weighted by Crippen LogP contribution is -2.22. The van der Waals surface area contributed by atoms with Crippen molar-refractivity contribution in [1.29, 1.82) is 0 Å². The Morgan fingerprint density at radius 2 is 1.11 bits per heavy atom. The predicted molar refractivity (Wildman–Crippen MR) is 96.1 cm³/mol. The van der Waals surface area contributed by atoms with Crippen LogP contribution in [0.1, 0.15) is 52.7 Å². The lowest BCUT2D eigenvalue weighted by atomic mass is 10.1. The van der Waals surface area contributed by atoms with E-state index in [4.69, 9.17) is 9.47 Å². The van der Waals surface area contributed by atoms with Gasteiger partial charge in [-0.1, -0.05) is 0 Å². The van der Waals surface area contributed by atoms with Gasteiger partial charge in [-0.2, -0.15) is 0 Å². The Balaban J connectivity index is 3.15. The van der Waals surface area contributed by atoms with Crippen molar-refractivity contribution < 1.29 is 32.2 Å². The van der Waals surface area contributed by atoms with E-state index in [1.807, 2.05) is 0 Å². The van der Waals surface area contributed by atoms with Gasteiger partial charge in [-0.25, -0.2) is 22.8 Å². The van der Waals surface area contributed by atoms with E-state index < -0.39 is 51.7 Å². The zero-order valence-corrected chi connectivity index (χ0v) is 16.2. The summed E-state index contributed by atoms with van der Waals surface area (Å²) in [6.07, 6.45) is 3.38. The molecule has 0 aromatic heterocycles. The maximum absolute atomic E-state index is 14.5. The Labute approximate surface area is 156 Å². The van der Waals surface area contributed by atoms with Crippen molar-refractivity contribution in [3.8, 4) is 0 Å². The van der Waals surface area contributed by atoms with Gasteiger partial charge in [0.15, 0.2) is 0 Å². The molecule has 1 aromatic rings. The highest BCUT2D eigenvalue weighted by atomic mass is 19.1. The maximum atomic E-state index is 14.5. The van der Waals surface area contributed by atoms with Crippen molar-refractivity contribution in [2.75, 3.05) is 0 Å². The van der Waals surface area contributed by atoms with Gasteiger partial charge in [0, 0.05) is 29.3 Å². The van der Waals surface area contributed by atoms with Crippen LogP contribution >= 0.6 is 0 Å². The first-order valence-electron chi connectivity index (χ1n) is 8.19. The molecular formula is C20H23F3O4. The SMILES string of the molecule is CC(C)(C)OC(=O)/C=C/c1c(F)cc(F)c(/C=C/C(=O)OC(C)(C)C)c1F. The third kappa shape index (κ3) is 7.68. The molecule has 7 heteroatoms. The van der Waals surface area contributed by atoms with E-state index in [-0.39, 0.29) is 0 Å². The van der Waals surface area contributed by atoms with Crippen LogP contribution < -0.4 is 0 Å². The third-order valence-electron chi connectivity index (χ3n) is 2.83. The van der Waals surface area contributed by atoms with Crippen molar-refractivity contribution in [2.45, 2.75) is 52.7 Å². The van der Waals surface area contributed by atoms with E-state index in [9.17, 15) is 22.8 Å². The second-order valence-electron chi connectivity index (χ2n) is 7.72. The second kappa shape index (κ2) is 8.41. The summed E-state index contributed by atoms with van der Waals surface area (Å²) >= 11 is 0. The number of esters is 2. The van der Waals surface area contributed by atoms with E-state index >= 15 is 0 Å². The lowest BCUT2D eigenvalue weighted by Gasteiger charge is -2.18. The fourth-order valence-corrected chi connectivity index (χ4v) is 1.90. The van der Waals surface area contributed by atoms with Crippen LogP contribution in [0.25, 0.3) is 12.2 Å². The minimum Gasteiger partial charge on any atom is -0.457 e. The molecule has 0 saturated heterocycles. The molecule has 0 aliphatic carbocycles. The maximum Gasteiger partial charge on any atom is 0.331 e. The van der Waals surface area contributed by atoms with Gasteiger partial charge in [-0.15, -0.1) is 0 Å². The molecule has 27 heavy (non-hydrogen) atoms. The average Bonchev–Trinajstić information content (AvgIpc) is 2.42. The molecular weight excluding hydrogens is 361 g/mol. The molecule has 0 amide bonds. The summed E-state index contributed by atoms with van der Waals surface area (Å²) in [7, 11) is 0. The quantitative estimate of drug-likeness (QED) is 0.552. The minimum absolute atomic E-state index is 0.465. The zero-order valence-electron chi connectivity index (χ0n) is 16.2. The summed E-state index contributed by atoms with van der Waals surface area (Å²) in [4.78, 5) is 23.3. The van der Waals surface area contributed by atoms with Gasteiger partial charge < -0.3 is 9.47 Å². The number of ether oxygens (including phenoxy) is 2. The molecule has 0 radical (unpaired) electrons. The number of halogens is 3. The number of hydrogen-bond donors (Lipinski definition) is 0. The van der Waals surface area contributed by atoms with Crippen LogP contribution in [0.2, 0.25) is 0 Å². The molecule has 0 saturated carbocycles. The highest BCUT2D eigenvalue weighted by Gasteiger charge is 2.19. The summed E-state index contributed by atoms with van der Waals surface area (Å²) in [6, 6.07) is 0.465. The third-order valence-corrected chi connectivity index (χ3v) is 2.83. The monoisotopic (exact) mass is 384 g/mol. The van der Waals surface area contributed by atoms with E-state index in [1.165, 1.54) is 0 Å². The van der Waals surface area contributed by atoms with Crippen LogP contribution in [0.5, 0.6) is 0 Å². The van der Waals surface area contributed by atoms with Crippen molar-refractivity contribution in [1.82, 2.24) is 0 Å². The van der Waals surface area contributed by atoms with Crippen molar-refractivity contribution >= 4 is 24.1 Å². The number of hydrogen-bond acceptors (Lipinski definition) is 4. The van der Waals surface area contributed by atoms with Gasteiger partial charge >= 0.3 is 11.9 Å². The first-order valence-corrected chi connectivity index (χ1v) is 8.19. The first-order chi connectivity index (χ1) is 12.2. The number of carbonyl (C=O) groups excluding carboxylic acids is 2. The first kappa shape index (κ1) is 22.5. The predicted octanol–water partition coefficient (Wildman–Crippen LogP) is 4.81. The number of benzene rings is 1. The van der Waals surface area contributed by atoms with Gasteiger partial charge in [-0.05, 0) is 53.7 Å². The van der Waals surface area contributed by atoms with Gasteiger partial charge in [0.05, 0.1) is 0 Å². The van der Waals surface area contributed by atoms with Crippen LogP contribution in [0, 0.1) is 17.5 Å². The molecule has 0 fully saturated rings. The largest absolute Gasteiger partial charge is 0.457 e. The van der Waals surface area contributed by atoms with Crippen LogP contribution in [-0.4, -0.2) is 23.1 Å². The normalized spacial score (nSPS) is 12.6. The molecule has 0 N–H and O–H groups in total. The topological polar surface area (TPSA) is 52.6 Å². The van der Waals surface area contributed by atoms with Crippen LogP contribution in [-0.2, 0) is 19.1 Å². The summed E-state index contributed by atoms with van der Waals surface area (Å²) in [5.74, 6) is -5.27. The van der Waals surface area contributed by atoms with Gasteiger partial charge in [0.2, 0.25) is 0 Å². The molecule has 4 nitrogen and oxygen atoms in total.